The highest BCUT2D eigenvalue weighted by atomic mass is 35.5. The van der Waals surface area contributed by atoms with Gasteiger partial charge in [0.05, 0.1) is 17.0 Å². The Bertz CT molecular complexity index is 692. The van der Waals surface area contributed by atoms with Crippen LogP contribution in [-0.2, 0) is 4.79 Å². The lowest BCUT2D eigenvalue weighted by Gasteiger charge is -2.32. The van der Waals surface area contributed by atoms with Gasteiger partial charge in [0.1, 0.15) is 5.75 Å². The number of carbonyl (C=O) groups is 2. The summed E-state index contributed by atoms with van der Waals surface area (Å²) in [5.41, 5.74) is -0.324. The van der Waals surface area contributed by atoms with Crippen LogP contribution in [0.4, 0.5) is 0 Å². The van der Waals surface area contributed by atoms with E-state index in [9.17, 15) is 14.7 Å². The smallest absolute Gasteiger partial charge is 0.311 e. The maximum atomic E-state index is 13.0. The average Bonchev–Trinajstić information content (AvgIpc) is 3.16. The van der Waals surface area contributed by atoms with Gasteiger partial charge in [-0.25, -0.2) is 0 Å². The first kappa shape index (κ1) is 18.1. The Labute approximate surface area is 152 Å². The molecule has 0 spiro atoms. The molecular formula is C19H24ClNO4. The summed E-state index contributed by atoms with van der Waals surface area (Å²) in [5, 5.41) is 10.2. The molecule has 3 rings (SSSR count). The molecule has 5 nitrogen and oxygen atoms in total. The van der Waals surface area contributed by atoms with E-state index in [0.717, 1.165) is 19.3 Å². The number of hydrogen-bond acceptors (Lipinski definition) is 3. The van der Waals surface area contributed by atoms with Crippen molar-refractivity contribution in [3.63, 3.8) is 0 Å². The monoisotopic (exact) mass is 365 g/mol. The summed E-state index contributed by atoms with van der Waals surface area (Å²) in [6, 6.07) is 4.82. The number of ether oxygens (including phenoxy) is 1. The summed E-state index contributed by atoms with van der Waals surface area (Å²) in [4.78, 5) is 26.7. The van der Waals surface area contributed by atoms with Crippen molar-refractivity contribution >= 4 is 23.5 Å². The van der Waals surface area contributed by atoms with Crippen molar-refractivity contribution in [1.82, 2.24) is 4.90 Å². The fourth-order valence-electron chi connectivity index (χ4n) is 4.36. The molecular weight excluding hydrogens is 342 g/mol. The Kier molecular flexibility index (Phi) is 4.96. The number of rotatable bonds is 6. The minimum absolute atomic E-state index is 0.00310. The Hall–Kier alpha value is -1.75. The second-order valence-electron chi connectivity index (χ2n) is 6.97. The molecule has 136 valence electrons. The highest BCUT2D eigenvalue weighted by Crippen LogP contribution is 2.52. The van der Waals surface area contributed by atoms with Crippen molar-refractivity contribution in [3.8, 4) is 5.75 Å². The van der Waals surface area contributed by atoms with Crippen LogP contribution in [0.15, 0.2) is 18.2 Å². The molecule has 2 bridgehead atoms. The average molecular weight is 366 g/mol. The van der Waals surface area contributed by atoms with E-state index in [1.807, 2.05) is 13.8 Å². The molecule has 0 radical (unpaired) electrons. The molecule has 25 heavy (non-hydrogen) atoms. The molecule has 0 unspecified atom stereocenters. The molecule has 1 aromatic rings. The number of fused-ring (bicyclic) bond motifs is 2. The van der Waals surface area contributed by atoms with Crippen LogP contribution in [0.2, 0.25) is 5.02 Å². The molecule has 6 heteroatoms. The van der Waals surface area contributed by atoms with Crippen LogP contribution in [0.5, 0.6) is 5.75 Å². The third kappa shape index (κ3) is 2.88. The number of amides is 1. The molecule has 0 saturated carbocycles. The molecule has 0 aromatic heterocycles. The molecule has 2 saturated heterocycles. The van der Waals surface area contributed by atoms with E-state index < -0.39 is 11.4 Å². The number of hydrogen-bond donors (Lipinski definition) is 1. The van der Waals surface area contributed by atoms with Gasteiger partial charge in [-0.05, 0) is 50.3 Å². The van der Waals surface area contributed by atoms with Crippen molar-refractivity contribution in [2.45, 2.75) is 58.0 Å². The molecule has 1 N–H and O–H groups in total. The first-order valence-corrected chi connectivity index (χ1v) is 9.30. The van der Waals surface area contributed by atoms with E-state index in [1.165, 1.54) is 0 Å². The number of carbonyl (C=O) groups excluding carboxylic acids is 1. The third-order valence-electron chi connectivity index (χ3n) is 5.67. The zero-order chi connectivity index (χ0) is 18.2. The van der Waals surface area contributed by atoms with Gasteiger partial charge in [-0.2, -0.15) is 0 Å². The van der Waals surface area contributed by atoms with Crippen molar-refractivity contribution in [3.05, 3.63) is 28.8 Å². The summed E-state index contributed by atoms with van der Waals surface area (Å²) in [6.45, 7) is 4.48. The number of carboxylic acid groups (broad SMARTS) is 1. The van der Waals surface area contributed by atoms with Gasteiger partial charge >= 0.3 is 5.97 Å². The van der Waals surface area contributed by atoms with E-state index in [2.05, 4.69) is 0 Å². The number of carboxylic acids is 1. The number of benzene rings is 1. The first-order valence-electron chi connectivity index (χ1n) is 8.93. The summed E-state index contributed by atoms with van der Waals surface area (Å²) >= 11 is 6.25. The van der Waals surface area contributed by atoms with Crippen LogP contribution in [0.1, 0.15) is 56.3 Å². The van der Waals surface area contributed by atoms with Crippen LogP contribution in [-0.4, -0.2) is 40.6 Å². The fourth-order valence-corrected chi connectivity index (χ4v) is 4.60. The Morgan fingerprint density at radius 1 is 1.36 bits per heavy atom. The Balaban J connectivity index is 1.84. The van der Waals surface area contributed by atoms with Crippen molar-refractivity contribution in [2.24, 2.45) is 5.41 Å². The number of aliphatic carboxylic acids is 1. The molecule has 1 amide bonds. The molecule has 2 fully saturated rings. The Morgan fingerprint density at radius 3 is 2.68 bits per heavy atom. The van der Waals surface area contributed by atoms with Gasteiger partial charge in [-0.3, -0.25) is 9.59 Å². The van der Waals surface area contributed by atoms with Crippen LogP contribution in [0.25, 0.3) is 0 Å². The summed E-state index contributed by atoms with van der Waals surface area (Å²) in [7, 11) is 0. The van der Waals surface area contributed by atoms with Crippen molar-refractivity contribution in [1.29, 1.82) is 0 Å². The van der Waals surface area contributed by atoms with Crippen molar-refractivity contribution < 1.29 is 19.4 Å². The van der Waals surface area contributed by atoms with E-state index >= 15 is 0 Å². The van der Waals surface area contributed by atoms with Gasteiger partial charge < -0.3 is 14.7 Å². The number of nitrogens with zero attached hydrogens (tertiary/aromatic N) is 1. The highest BCUT2D eigenvalue weighted by Gasteiger charge is 2.60. The van der Waals surface area contributed by atoms with Gasteiger partial charge in [0, 0.05) is 17.6 Å². The molecule has 2 heterocycles. The van der Waals surface area contributed by atoms with Gasteiger partial charge in [0.25, 0.3) is 5.91 Å². The molecule has 1 aromatic carbocycles. The maximum absolute atomic E-state index is 13.0. The summed E-state index contributed by atoms with van der Waals surface area (Å²) in [6.07, 6.45) is 3.58. The van der Waals surface area contributed by atoms with Crippen molar-refractivity contribution in [2.75, 3.05) is 6.61 Å². The topological polar surface area (TPSA) is 66.8 Å². The largest absolute Gasteiger partial charge is 0.492 e. The van der Waals surface area contributed by atoms with Gasteiger partial charge in [0.15, 0.2) is 0 Å². The predicted octanol–water partition coefficient (Wildman–Crippen LogP) is 3.99. The predicted molar refractivity (Wildman–Crippen MR) is 95.2 cm³/mol. The quantitative estimate of drug-likeness (QED) is 0.827. The number of halogens is 1. The van der Waals surface area contributed by atoms with E-state index in [1.54, 1.807) is 23.1 Å². The SMILES string of the molecule is CCCOc1ccc(C(=O)N2[C@H]3CC[C@@H]2[C@](CC)(C(=O)O)C3)cc1Cl. The van der Waals surface area contributed by atoms with Crippen LogP contribution < -0.4 is 4.74 Å². The van der Waals surface area contributed by atoms with E-state index in [4.69, 9.17) is 16.3 Å². The van der Waals surface area contributed by atoms with E-state index in [-0.39, 0.29) is 18.0 Å². The lowest BCUT2D eigenvalue weighted by molar-refractivity contribution is -0.151. The zero-order valence-electron chi connectivity index (χ0n) is 14.6. The summed E-state index contributed by atoms with van der Waals surface area (Å²) < 4.78 is 5.55. The van der Waals surface area contributed by atoms with Gasteiger partial charge in [0.2, 0.25) is 0 Å². The van der Waals surface area contributed by atoms with Gasteiger partial charge in [-0.1, -0.05) is 25.4 Å². The third-order valence-corrected chi connectivity index (χ3v) is 5.97. The molecule has 2 aliphatic heterocycles. The standard InChI is InChI=1S/C19H24ClNO4/c1-3-9-25-15-7-5-12(10-14(15)20)17(22)21-13-6-8-16(21)19(4-2,11-13)18(23)24/h5,7,10,13,16H,3-4,6,8-9,11H2,1-2H3,(H,23,24)/t13-,16+,19+/m0/s1. The second kappa shape index (κ2) is 6.87. The molecule has 2 aliphatic rings. The Morgan fingerprint density at radius 2 is 2.12 bits per heavy atom. The normalized spacial score (nSPS) is 27.6. The van der Waals surface area contributed by atoms with Crippen LogP contribution >= 0.6 is 11.6 Å². The zero-order valence-corrected chi connectivity index (χ0v) is 15.4. The van der Waals surface area contributed by atoms with E-state index in [0.29, 0.717) is 35.8 Å². The molecule has 0 aliphatic carbocycles. The minimum atomic E-state index is -0.813. The minimum Gasteiger partial charge on any atom is -0.492 e. The van der Waals surface area contributed by atoms with Crippen LogP contribution in [0.3, 0.4) is 0 Å². The fraction of sp³-hybridized carbons (Fsp3) is 0.579. The first-order chi connectivity index (χ1) is 11.9. The van der Waals surface area contributed by atoms with Gasteiger partial charge in [-0.15, -0.1) is 0 Å². The van der Waals surface area contributed by atoms with Crippen LogP contribution in [0, 0.1) is 5.41 Å². The summed E-state index contributed by atoms with van der Waals surface area (Å²) in [5.74, 6) is -0.354. The maximum Gasteiger partial charge on any atom is 0.311 e. The lowest BCUT2D eigenvalue weighted by atomic mass is 9.72. The lowest BCUT2D eigenvalue weighted by Crippen LogP contribution is -2.44. The second-order valence-corrected chi connectivity index (χ2v) is 7.38. The highest BCUT2D eigenvalue weighted by molar-refractivity contribution is 6.32. The molecule has 3 atom stereocenters.